The molecule has 118 valence electrons. The van der Waals surface area contributed by atoms with Crippen molar-refractivity contribution in [1.82, 2.24) is 4.90 Å². The lowest BCUT2D eigenvalue weighted by Gasteiger charge is -2.25. The molecule has 1 saturated heterocycles. The van der Waals surface area contributed by atoms with Gasteiger partial charge in [0, 0.05) is 34.9 Å². The monoisotopic (exact) mass is 325 g/mol. The van der Waals surface area contributed by atoms with Crippen molar-refractivity contribution >= 4 is 29.0 Å². The van der Waals surface area contributed by atoms with Crippen molar-refractivity contribution in [2.45, 2.75) is 51.2 Å². The fourth-order valence-electron chi connectivity index (χ4n) is 3.04. The van der Waals surface area contributed by atoms with E-state index in [1.54, 1.807) is 0 Å². The average molecular weight is 326 g/mol. The third-order valence-electron chi connectivity index (χ3n) is 4.14. The quantitative estimate of drug-likeness (QED) is 0.736. The number of thioether (sulfide) groups is 1. The smallest absolute Gasteiger partial charge is 0.225 e. The SMILES string of the molecule is CCCC(CCC)C(=O)N1CCSC(c2cccs2)CC1. The molecule has 1 unspecified atom stereocenters. The first-order valence-corrected chi connectivity index (χ1v) is 10.1. The van der Waals surface area contributed by atoms with Crippen LogP contribution in [0.5, 0.6) is 0 Å². The number of amides is 1. The standard InChI is InChI=1S/C17H27NOS2/c1-3-6-14(7-4-2)17(19)18-10-9-16(21-13-11-18)15-8-5-12-20-15/h5,8,12,14,16H,3-4,6-7,9-11,13H2,1-2H3. The topological polar surface area (TPSA) is 20.3 Å². The van der Waals surface area contributed by atoms with Gasteiger partial charge in [0.05, 0.1) is 0 Å². The zero-order valence-corrected chi connectivity index (χ0v) is 14.8. The minimum Gasteiger partial charge on any atom is -0.342 e. The molecule has 2 rings (SSSR count). The number of carbonyl (C=O) groups is 1. The fraction of sp³-hybridized carbons (Fsp3) is 0.706. The molecule has 2 nitrogen and oxygen atoms in total. The summed E-state index contributed by atoms with van der Waals surface area (Å²) in [5, 5.41) is 2.74. The van der Waals surface area contributed by atoms with Crippen molar-refractivity contribution in [3.05, 3.63) is 22.4 Å². The highest BCUT2D eigenvalue weighted by molar-refractivity contribution is 7.99. The van der Waals surface area contributed by atoms with Crippen LogP contribution in [0.4, 0.5) is 0 Å². The fourth-order valence-corrected chi connectivity index (χ4v) is 5.28. The zero-order valence-electron chi connectivity index (χ0n) is 13.2. The Morgan fingerprint density at radius 3 is 2.71 bits per heavy atom. The third-order valence-corrected chi connectivity index (χ3v) is 6.58. The molecule has 4 heteroatoms. The van der Waals surface area contributed by atoms with E-state index in [1.807, 2.05) is 23.1 Å². The van der Waals surface area contributed by atoms with E-state index in [0.29, 0.717) is 11.2 Å². The van der Waals surface area contributed by atoms with Crippen LogP contribution in [0.2, 0.25) is 0 Å². The Morgan fingerprint density at radius 1 is 1.33 bits per heavy atom. The van der Waals surface area contributed by atoms with E-state index in [4.69, 9.17) is 0 Å². The molecule has 1 amide bonds. The second kappa shape index (κ2) is 8.84. The molecule has 1 aliphatic heterocycles. The number of hydrogen-bond donors (Lipinski definition) is 0. The molecule has 21 heavy (non-hydrogen) atoms. The molecule has 1 fully saturated rings. The summed E-state index contributed by atoms with van der Waals surface area (Å²) < 4.78 is 0. The average Bonchev–Trinajstić information content (AvgIpc) is 2.91. The molecule has 0 aromatic carbocycles. The summed E-state index contributed by atoms with van der Waals surface area (Å²) in [7, 11) is 0. The normalized spacial score (nSPS) is 19.8. The number of hydrogen-bond acceptors (Lipinski definition) is 3. The van der Waals surface area contributed by atoms with Gasteiger partial charge in [-0.3, -0.25) is 4.79 Å². The second-order valence-corrected chi connectivity index (χ2v) is 8.05. The maximum atomic E-state index is 12.7. The molecule has 1 aromatic rings. The van der Waals surface area contributed by atoms with Gasteiger partial charge in [-0.15, -0.1) is 11.3 Å². The van der Waals surface area contributed by atoms with E-state index < -0.39 is 0 Å². The first-order chi connectivity index (χ1) is 10.3. The molecular weight excluding hydrogens is 298 g/mol. The van der Waals surface area contributed by atoms with Crippen molar-refractivity contribution < 1.29 is 4.79 Å². The Bertz CT molecular complexity index is 412. The van der Waals surface area contributed by atoms with E-state index in [0.717, 1.165) is 50.9 Å². The number of nitrogens with zero attached hydrogens (tertiary/aromatic N) is 1. The van der Waals surface area contributed by atoms with Crippen LogP contribution in [0.3, 0.4) is 0 Å². The first-order valence-electron chi connectivity index (χ1n) is 8.20. The van der Waals surface area contributed by atoms with E-state index >= 15 is 0 Å². The van der Waals surface area contributed by atoms with Gasteiger partial charge in [0.2, 0.25) is 5.91 Å². The number of carbonyl (C=O) groups excluding carboxylic acids is 1. The number of rotatable bonds is 6. The molecule has 2 heterocycles. The van der Waals surface area contributed by atoms with Crippen LogP contribution in [-0.2, 0) is 4.79 Å². The summed E-state index contributed by atoms with van der Waals surface area (Å²) in [5.74, 6) is 1.73. The molecule has 1 atom stereocenters. The lowest BCUT2D eigenvalue weighted by atomic mass is 9.96. The van der Waals surface area contributed by atoms with E-state index in [9.17, 15) is 4.79 Å². The predicted molar refractivity (Wildman–Crippen MR) is 94.0 cm³/mol. The van der Waals surface area contributed by atoms with Gasteiger partial charge in [-0.1, -0.05) is 32.8 Å². The van der Waals surface area contributed by atoms with E-state index in [-0.39, 0.29) is 5.92 Å². The van der Waals surface area contributed by atoms with E-state index in [2.05, 4.69) is 36.3 Å². The maximum absolute atomic E-state index is 12.7. The minimum atomic E-state index is 0.253. The maximum Gasteiger partial charge on any atom is 0.225 e. The highest BCUT2D eigenvalue weighted by atomic mass is 32.2. The highest BCUT2D eigenvalue weighted by Crippen LogP contribution is 2.37. The summed E-state index contributed by atoms with van der Waals surface area (Å²) in [6.07, 6.45) is 5.41. The molecular formula is C17H27NOS2. The van der Waals surface area contributed by atoms with Gasteiger partial charge < -0.3 is 4.90 Å². The van der Waals surface area contributed by atoms with E-state index in [1.165, 1.54) is 4.88 Å². The molecule has 0 spiro atoms. The van der Waals surface area contributed by atoms with Crippen LogP contribution < -0.4 is 0 Å². The second-order valence-electron chi connectivity index (χ2n) is 5.76. The molecule has 1 aromatic heterocycles. The molecule has 0 aliphatic carbocycles. The van der Waals surface area contributed by atoms with Crippen molar-refractivity contribution in [3.63, 3.8) is 0 Å². The van der Waals surface area contributed by atoms with Gasteiger partial charge in [-0.05, 0) is 30.7 Å². The highest BCUT2D eigenvalue weighted by Gasteiger charge is 2.26. The summed E-state index contributed by atoms with van der Waals surface area (Å²) in [6.45, 7) is 6.22. The van der Waals surface area contributed by atoms with Gasteiger partial charge in [0.25, 0.3) is 0 Å². The molecule has 0 saturated carbocycles. The Balaban J connectivity index is 1.93. The predicted octanol–water partition coefficient (Wildman–Crippen LogP) is 4.97. The molecule has 0 N–H and O–H groups in total. The van der Waals surface area contributed by atoms with Gasteiger partial charge in [-0.25, -0.2) is 0 Å². The summed E-state index contributed by atoms with van der Waals surface area (Å²) >= 11 is 3.86. The van der Waals surface area contributed by atoms with Crippen molar-refractivity contribution in [1.29, 1.82) is 0 Å². The van der Waals surface area contributed by atoms with Crippen LogP contribution in [-0.4, -0.2) is 29.6 Å². The molecule has 0 bridgehead atoms. The lowest BCUT2D eigenvalue weighted by molar-refractivity contribution is -0.135. The summed E-state index contributed by atoms with van der Waals surface area (Å²) in [4.78, 5) is 16.3. The Hall–Kier alpha value is -0.480. The summed E-state index contributed by atoms with van der Waals surface area (Å²) in [6, 6.07) is 4.36. The van der Waals surface area contributed by atoms with Crippen LogP contribution in [0.1, 0.15) is 56.1 Å². The molecule has 0 radical (unpaired) electrons. The van der Waals surface area contributed by atoms with Crippen LogP contribution >= 0.6 is 23.1 Å². The van der Waals surface area contributed by atoms with Gasteiger partial charge in [-0.2, -0.15) is 11.8 Å². The Labute approximate surface area is 137 Å². The van der Waals surface area contributed by atoms with Crippen LogP contribution in [0, 0.1) is 5.92 Å². The third kappa shape index (κ3) is 4.75. The first kappa shape index (κ1) is 16.9. The number of thiophene rings is 1. The summed E-state index contributed by atoms with van der Waals surface area (Å²) in [5.41, 5.74) is 0. The van der Waals surface area contributed by atoms with Crippen molar-refractivity contribution in [2.24, 2.45) is 5.92 Å². The Kier molecular flexibility index (Phi) is 7.11. The van der Waals surface area contributed by atoms with Crippen LogP contribution in [0.25, 0.3) is 0 Å². The zero-order chi connectivity index (χ0) is 15.1. The van der Waals surface area contributed by atoms with Gasteiger partial charge in [0.1, 0.15) is 0 Å². The minimum absolute atomic E-state index is 0.253. The van der Waals surface area contributed by atoms with Crippen molar-refractivity contribution in [3.8, 4) is 0 Å². The van der Waals surface area contributed by atoms with Gasteiger partial charge in [0.15, 0.2) is 0 Å². The van der Waals surface area contributed by atoms with Gasteiger partial charge >= 0.3 is 0 Å². The Morgan fingerprint density at radius 2 is 2.10 bits per heavy atom. The molecule has 1 aliphatic rings. The van der Waals surface area contributed by atoms with Crippen molar-refractivity contribution in [2.75, 3.05) is 18.8 Å². The van der Waals surface area contributed by atoms with Crippen LogP contribution in [0.15, 0.2) is 17.5 Å². The lowest BCUT2D eigenvalue weighted by Crippen LogP contribution is -2.37. The largest absolute Gasteiger partial charge is 0.342 e.